The molecule has 10 heteroatoms. The Hall–Kier alpha value is -2.91. The molecule has 0 aliphatic carbocycles. The molecule has 1 amide bonds. The number of ether oxygens (including phenoxy) is 1. The van der Waals surface area contributed by atoms with Gasteiger partial charge in [0.2, 0.25) is 0 Å². The number of non-ortho nitro benzene ring substituents is 1. The molecule has 1 fully saturated rings. The van der Waals surface area contributed by atoms with E-state index in [2.05, 4.69) is 5.32 Å². The van der Waals surface area contributed by atoms with Gasteiger partial charge in [-0.25, -0.2) is 0 Å². The minimum absolute atomic E-state index is 0.0420. The van der Waals surface area contributed by atoms with Gasteiger partial charge < -0.3 is 14.5 Å². The van der Waals surface area contributed by atoms with Crippen LogP contribution in [0.15, 0.2) is 42.5 Å². The lowest BCUT2D eigenvalue weighted by atomic mass is 10.2. The highest BCUT2D eigenvalue weighted by Crippen LogP contribution is 2.30. The Morgan fingerprint density at radius 3 is 2.60 bits per heavy atom. The zero-order valence-corrected chi connectivity index (χ0v) is 17.9. The minimum Gasteiger partial charge on any atom is -0.494 e. The number of piperazine rings is 1. The van der Waals surface area contributed by atoms with Crippen LogP contribution in [0.5, 0.6) is 5.75 Å². The van der Waals surface area contributed by atoms with Gasteiger partial charge in [-0.05, 0) is 43.4 Å². The number of thiocarbonyl (C=S) groups is 1. The topological polar surface area (TPSA) is 88.0 Å². The van der Waals surface area contributed by atoms with Crippen LogP contribution in [0.25, 0.3) is 0 Å². The molecule has 0 radical (unpaired) electrons. The third kappa shape index (κ3) is 5.17. The average Bonchev–Trinajstić information content (AvgIpc) is 2.74. The lowest BCUT2D eigenvalue weighted by Gasteiger charge is -2.37. The summed E-state index contributed by atoms with van der Waals surface area (Å²) in [6.07, 6.45) is 0. The summed E-state index contributed by atoms with van der Waals surface area (Å²) in [6, 6.07) is 11.4. The molecule has 30 heavy (non-hydrogen) atoms. The summed E-state index contributed by atoms with van der Waals surface area (Å²) < 4.78 is 5.43. The van der Waals surface area contributed by atoms with E-state index in [1.54, 1.807) is 30.3 Å². The maximum absolute atomic E-state index is 12.5. The van der Waals surface area contributed by atoms with E-state index in [-0.39, 0.29) is 11.6 Å². The number of anilines is 1. The van der Waals surface area contributed by atoms with Crippen LogP contribution in [-0.2, 0) is 0 Å². The summed E-state index contributed by atoms with van der Waals surface area (Å²) in [6.45, 7) is 4.81. The number of carbonyl (C=O) groups excluding carboxylic acids is 1. The van der Waals surface area contributed by atoms with Crippen molar-refractivity contribution in [1.82, 2.24) is 10.2 Å². The van der Waals surface area contributed by atoms with Gasteiger partial charge in [-0.15, -0.1) is 0 Å². The van der Waals surface area contributed by atoms with Crippen LogP contribution in [0.1, 0.15) is 17.3 Å². The smallest absolute Gasteiger partial charge is 0.271 e. The van der Waals surface area contributed by atoms with Gasteiger partial charge in [0.05, 0.1) is 22.2 Å². The van der Waals surface area contributed by atoms with Crippen molar-refractivity contribution in [2.75, 3.05) is 37.7 Å². The fraction of sp³-hybridized carbons (Fsp3) is 0.300. The van der Waals surface area contributed by atoms with Crippen LogP contribution in [0, 0.1) is 10.1 Å². The summed E-state index contributed by atoms with van der Waals surface area (Å²) in [5.41, 5.74) is 1.17. The second-order valence-electron chi connectivity index (χ2n) is 6.59. The van der Waals surface area contributed by atoms with Gasteiger partial charge in [-0.3, -0.25) is 20.2 Å². The zero-order valence-electron chi connectivity index (χ0n) is 16.3. The van der Waals surface area contributed by atoms with E-state index < -0.39 is 4.92 Å². The Labute approximate surface area is 184 Å². The highest BCUT2D eigenvalue weighted by molar-refractivity contribution is 7.80. The number of nitrogens with one attached hydrogen (secondary N) is 1. The predicted octanol–water partition coefficient (Wildman–Crippen LogP) is 3.48. The summed E-state index contributed by atoms with van der Waals surface area (Å²) >= 11 is 11.6. The first-order chi connectivity index (χ1) is 14.4. The molecule has 0 spiro atoms. The second-order valence-corrected chi connectivity index (χ2v) is 7.38. The van der Waals surface area contributed by atoms with Crippen molar-refractivity contribution in [3.8, 4) is 5.75 Å². The summed E-state index contributed by atoms with van der Waals surface area (Å²) in [4.78, 5) is 26.9. The monoisotopic (exact) mass is 448 g/mol. The molecule has 8 nitrogen and oxygen atoms in total. The standard InChI is InChI=1S/C20H21ClN4O4S/c1-2-29-16-5-3-4-14(12-16)19(26)22-20(30)24-10-8-23(9-11-24)18-7-6-15(25(27)28)13-17(18)21/h3-7,12-13H,2,8-11H2,1H3,(H,22,26,30). The van der Waals surface area contributed by atoms with Gasteiger partial charge in [0, 0.05) is 43.9 Å². The van der Waals surface area contributed by atoms with Crippen molar-refractivity contribution < 1.29 is 14.5 Å². The third-order valence-electron chi connectivity index (χ3n) is 4.68. The first kappa shape index (κ1) is 21.8. The third-order valence-corrected chi connectivity index (χ3v) is 5.34. The van der Waals surface area contributed by atoms with Gasteiger partial charge in [-0.1, -0.05) is 17.7 Å². The highest BCUT2D eigenvalue weighted by Gasteiger charge is 2.23. The maximum Gasteiger partial charge on any atom is 0.271 e. The van der Waals surface area contributed by atoms with E-state index in [4.69, 9.17) is 28.6 Å². The minimum atomic E-state index is -0.473. The fourth-order valence-electron chi connectivity index (χ4n) is 3.16. The largest absolute Gasteiger partial charge is 0.494 e. The fourth-order valence-corrected chi connectivity index (χ4v) is 3.73. The Morgan fingerprint density at radius 1 is 1.23 bits per heavy atom. The van der Waals surface area contributed by atoms with Crippen LogP contribution >= 0.6 is 23.8 Å². The molecule has 0 saturated carbocycles. The molecule has 3 rings (SSSR count). The van der Waals surface area contributed by atoms with Crippen molar-refractivity contribution in [2.24, 2.45) is 0 Å². The van der Waals surface area contributed by atoms with Crippen LogP contribution in [0.3, 0.4) is 0 Å². The van der Waals surface area contributed by atoms with Crippen LogP contribution < -0.4 is 15.0 Å². The first-order valence-electron chi connectivity index (χ1n) is 9.41. The Bertz CT molecular complexity index is 964. The Morgan fingerprint density at radius 2 is 1.97 bits per heavy atom. The molecule has 1 aliphatic heterocycles. The average molecular weight is 449 g/mol. The van der Waals surface area contributed by atoms with E-state index in [0.29, 0.717) is 54.2 Å². The molecule has 2 aromatic carbocycles. The van der Waals surface area contributed by atoms with E-state index in [1.807, 2.05) is 16.7 Å². The molecule has 0 aromatic heterocycles. The van der Waals surface area contributed by atoms with Crippen molar-refractivity contribution in [3.05, 3.63) is 63.2 Å². The molecule has 0 atom stereocenters. The number of nitro benzene ring substituents is 1. The molecule has 1 heterocycles. The number of hydrogen-bond donors (Lipinski definition) is 1. The van der Waals surface area contributed by atoms with Crippen molar-refractivity contribution in [3.63, 3.8) is 0 Å². The predicted molar refractivity (Wildman–Crippen MR) is 120 cm³/mol. The SMILES string of the molecule is CCOc1cccc(C(=O)NC(=S)N2CCN(c3ccc([N+](=O)[O-])cc3Cl)CC2)c1. The summed E-state index contributed by atoms with van der Waals surface area (Å²) in [5, 5.41) is 14.3. The van der Waals surface area contributed by atoms with Crippen LogP contribution in [0.4, 0.5) is 11.4 Å². The zero-order chi connectivity index (χ0) is 21.7. The number of hydrogen-bond acceptors (Lipinski definition) is 6. The van der Waals surface area contributed by atoms with Crippen molar-refractivity contribution in [2.45, 2.75) is 6.92 Å². The molecule has 1 aliphatic rings. The molecule has 0 bridgehead atoms. The number of amides is 1. The van der Waals surface area contributed by atoms with E-state index in [9.17, 15) is 14.9 Å². The number of nitrogens with zero attached hydrogens (tertiary/aromatic N) is 3. The van der Waals surface area contributed by atoms with E-state index in [0.717, 1.165) is 5.69 Å². The molecule has 1 saturated heterocycles. The number of benzene rings is 2. The van der Waals surface area contributed by atoms with E-state index in [1.165, 1.54) is 12.1 Å². The normalized spacial score (nSPS) is 13.7. The maximum atomic E-state index is 12.5. The number of carbonyl (C=O) groups is 1. The Kier molecular flexibility index (Phi) is 7.07. The molecule has 158 valence electrons. The van der Waals surface area contributed by atoms with Gasteiger partial charge >= 0.3 is 0 Å². The van der Waals surface area contributed by atoms with Gasteiger partial charge in [0.25, 0.3) is 11.6 Å². The molecular weight excluding hydrogens is 428 g/mol. The Balaban J connectivity index is 1.57. The van der Waals surface area contributed by atoms with E-state index >= 15 is 0 Å². The molecule has 1 N–H and O–H groups in total. The van der Waals surface area contributed by atoms with Crippen LogP contribution in [-0.4, -0.2) is 53.6 Å². The summed E-state index contributed by atoms with van der Waals surface area (Å²) in [7, 11) is 0. The number of halogens is 1. The highest BCUT2D eigenvalue weighted by atomic mass is 35.5. The van der Waals surface area contributed by atoms with Gasteiger partial charge in [0.15, 0.2) is 5.11 Å². The lowest BCUT2D eigenvalue weighted by molar-refractivity contribution is -0.384. The van der Waals surface area contributed by atoms with Crippen LogP contribution in [0.2, 0.25) is 5.02 Å². The van der Waals surface area contributed by atoms with Crippen molar-refractivity contribution >= 4 is 46.2 Å². The van der Waals surface area contributed by atoms with Gasteiger partial charge in [0.1, 0.15) is 5.75 Å². The number of rotatable bonds is 5. The number of nitro groups is 1. The van der Waals surface area contributed by atoms with Crippen molar-refractivity contribution in [1.29, 1.82) is 0 Å². The lowest BCUT2D eigenvalue weighted by Crippen LogP contribution is -2.52. The first-order valence-corrected chi connectivity index (χ1v) is 10.2. The quantitative estimate of drug-likeness (QED) is 0.425. The summed E-state index contributed by atoms with van der Waals surface area (Å²) in [5.74, 6) is 0.340. The molecule has 0 unspecified atom stereocenters. The second kappa shape index (κ2) is 9.73. The van der Waals surface area contributed by atoms with Gasteiger partial charge in [-0.2, -0.15) is 0 Å². The molecular formula is C20H21ClN4O4S. The molecule has 2 aromatic rings.